The van der Waals surface area contributed by atoms with E-state index in [0.717, 1.165) is 16.8 Å². The highest BCUT2D eigenvalue weighted by Crippen LogP contribution is 2.17. The average molecular weight is 246 g/mol. The SMILES string of the molecule is Cc1ccc(C)c(NCc2cc(C(=O)O)no2)c1. The number of benzene rings is 1. The van der Waals surface area contributed by atoms with Crippen LogP contribution in [-0.2, 0) is 6.54 Å². The van der Waals surface area contributed by atoms with Crippen molar-refractivity contribution in [3.8, 4) is 0 Å². The number of nitrogens with one attached hydrogen (secondary N) is 1. The van der Waals surface area contributed by atoms with Crippen LogP contribution in [0.2, 0.25) is 0 Å². The van der Waals surface area contributed by atoms with Crippen LogP contribution in [0.1, 0.15) is 27.4 Å². The van der Waals surface area contributed by atoms with E-state index in [9.17, 15) is 4.79 Å². The molecule has 0 radical (unpaired) electrons. The normalized spacial score (nSPS) is 10.3. The molecular weight excluding hydrogens is 232 g/mol. The Morgan fingerprint density at radius 3 is 2.83 bits per heavy atom. The molecule has 2 aromatic rings. The Labute approximate surface area is 104 Å². The summed E-state index contributed by atoms with van der Waals surface area (Å²) in [5.74, 6) is -0.593. The minimum atomic E-state index is -1.09. The Morgan fingerprint density at radius 2 is 2.17 bits per heavy atom. The van der Waals surface area contributed by atoms with E-state index >= 15 is 0 Å². The maximum atomic E-state index is 10.6. The van der Waals surface area contributed by atoms with Crippen LogP contribution in [0.15, 0.2) is 28.8 Å². The van der Waals surface area contributed by atoms with E-state index in [-0.39, 0.29) is 5.69 Å². The van der Waals surface area contributed by atoms with Crippen molar-refractivity contribution in [2.75, 3.05) is 5.32 Å². The van der Waals surface area contributed by atoms with Crippen LogP contribution in [0.4, 0.5) is 5.69 Å². The number of carboxylic acids is 1. The third kappa shape index (κ3) is 2.68. The van der Waals surface area contributed by atoms with Crippen LogP contribution in [-0.4, -0.2) is 16.2 Å². The van der Waals surface area contributed by atoms with Crippen LogP contribution in [0, 0.1) is 13.8 Å². The summed E-state index contributed by atoms with van der Waals surface area (Å²) in [6, 6.07) is 7.52. The first-order chi connectivity index (χ1) is 8.56. The second kappa shape index (κ2) is 4.91. The number of anilines is 1. The molecule has 0 fully saturated rings. The van der Waals surface area contributed by atoms with Gasteiger partial charge in [-0.05, 0) is 31.0 Å². The smallest absolute Gasteiger partial charge is 0.358 e. The number of nitrogens with zero attached hydrogens (tertiary/aromatic N) is 1. The number of hydrogen-bond donors (Lipinski definition) is 2. The van der Waals surface area contributed by atoms with E-state index in [1.165, 1.54) is 6.07 Å². The van der Waals surface area contributed by atoms with Gasteiger partial charge in [-0.3, -0.25) is 0 Å². The number of aromatic nitrogens is 1. The topological polar surface area (TPSA) is 75.4 Å². The summed E-state index contributed by atoms with van der Waals surface area (Å²) in [7, 11) is 0. The molecule has 0 saturated heterocycles. The minimum Gasteiger partial charge on any atom is -0.476 e. The first-order valence-corrected chi connectivity index (χ1v) is 5.56. The number of carbonyl (C=O) groups is 1. The van der Waals surface area contributed by atoms with Crippen molar-refractivity contribution in [2.45, 2.75) is 20.4 Å². The van der Waals surface area contributed by atoms with Crippen molar-refractivity contribution in [1.29, 1.82) is 0 Å². The highest BCUT2D eigenvalue weighted by atomic mass is 16.5. The second-order valence-corrected chi connectivity index (χ2v) is 4.16. The predicted octanol–water partition coefficient (Wildman–Crippen LogP) is 2.60. The van der Waals surface area contributed by atoms with Gasteiger partial charge in [0.15, 0.2) is 11.5 Å². The molecule has 0 saturated carbocycles. The maximum Gasteiger partial charge on any atom is 0.358 e. The Morgan fingerprint density at radius 1 is 1.39 bits per heavy atom. The third-order valence-electron chi connectivity index (χ3n) is 2.62. The van der Waals surface area contributed by atoms with Gasteiger partial charge in [0, 0.05) is 11.8 Å². The van der Waals surface area contributed by atoms with Crippen molar-refractivity contribution in [2.24, 2.45) is 0 Å². The average Bonchev–Trinajstić information content (AvgIpc) is 2.79. The highest BCUT2D eigenvalue weighted by molar-refractivity contribution is 5.85. The molecule has 1 heterocycles. The van der Waals surface area contributed by atoms with Gasteiger partial charge in [-0.2, -0.15) is 0 Å². The van der Waals surface area contributed by atoms with E-state index in [1.807, 2.05) is 32.0 Å². The van der Waals surface area contributed by atoms with Crippen molar-refractivity contribution in [3.63, 3.8) is 0 Å². The molecule has 0 unspecified atom stereocenters. The molecule has 0 spiro atoms. The summed E-state index contributed by atoms with van der Waals surface area (Å²) in [6.45, 7) is 4.43. The summed E-state index contributed by atoms with van der Waals surface area (Å²) in [4.78, 5) is 10.6. The lowest BCUT2D eigenvalue weighted by Crippen LogP contribution is -2.00. The monoisotopic (exact) mass is 246 g/mol. The van der Waals surface area contributed by atoms with Gasteiger partial charge in [-0.1, -0.05) is 17.3 Å². The predicted molar refractivity (Wildman–Crippen MR) is 66.7 cm³/mol. The molecule has 0 aliphatic rings. The molecule has 1 aromatic heterocycles. The van der Waals surface area contributed by atoms with Crippen LogP contribution in [0.3, 0.4) is 0 Å². The lowest BCUT2D eigenvalue weighted by Gasteiger charge is -2.08. The zero-order chi connectivity index (χ0) is 13.1. The largest absolute Gasteiger partial charge is 0.476 e. The molecule has 2 N–H and O–H groups in total. The molecule has 94 valence electrons. The summed E-state index contributed by atoms with van der Waals surface area (Å²) in [6.07, 6.45) is 0. The van der Waals surface area contributed by atoms with Gasteiger partial charge in [0.2, 0.25) is 0 Å². The van der Waals surface area contributed by atoms with Gasteiger partial charge in [0.1, 0.15) is 0 Å². The molecular formula is C13H14N2O3. The molecule has 0 atom stereocenters. The first kappa shape index (κ1) is 12.2. The number of rotatable bonds is 4. The van der Waals surface area contributed by atoms with Crippen molar-refractivity contribution >= 4 is 11.7 Å². The van der Waals surface area contributed by atoms with E-state index in [4.69, 9.17) is 9.63 Å². The molecule has 0 amide bonds. The maximum absolute atomic E-state index is 10.6. The number of hydrogen-bond acceptors (Lipinski definition) is 4. The molecule has 0 bridgehead atoms. The lowest BCUT2D eigenvalue weighted by atomic mass is 10.1. The zero-order valence-corrected chi connectivity index (χ0v) is 10.2. The van der Waals surface area contributed by atoms with Crippen LogP contribution < -0.4 is 5.32 Å². The second-order valence-electron chi connectivity index (χ2n) is 4.16. The molecule has 18 heavy (non-hydrogen) atoms. The fourth-order valence-corrected chi connectivity index (χ4v) is 1.61. The highest BCUT2D eigenvalue weighted by Gasteiger charge is 2.10. The summed E-state index contributed by atoms with van der Waals surface area (Å²) in [5, 5.41) is 15.4. The van der Waals surface area contributed by atoms with Crippen molar-refractivity contribution in [1.82, 2.24) is 5.16 Å². The van der Waals surface area contributed by atoms with Gasteiger partial charge < -0.3 is 14.9 Å². The van der Waals surface area contributed by atoms with Gasteiger partial charge in [-0.25, -0.2) is 4.79 Å². The van der Waals surface area contributed by atoms with Crippen LogP contribution >= 0.6 is 0 Å². The number of carboxylic acid groups (broad SMARTS) is 1. The summed E-state index contributed by atoms with van der Waals surface area (Å²) < 4.78 is 4.92. The van der Waals surface area contributed by atoms with Crippen molar-refractivity contribution in [3.05, 3.63) is 46.8 Å². The molecule has 2 rings (SSSR count). The van der Waals surface area contributed by atoms with Crippen LogP contribution in [0.5, 0.6) is 0 Å². The standard InChI is InChI=1S/C13H14N2O3/c1-8-3-4-9(2)11(5-8)14-7-10-6-12(13(16)17)15-18-10/h3-6,14H,7H2,1-2H3,(H,16,17). The number of aryl methyl sites for hydroxylation is 2. The van der Waals surface area contributed by atoms with Gasteiger partial charge in [-0.15, -0.1) is 0 Å². The Balaban J connectivity index is 2.06. The fourth-order valence-electron chi connectivity index (χ4n) is 1.61. The van der Waals surface area contributed by atoms with Crippen molar-refractivity contribution < 1.29 is 14.4 Å². The Kier molecular flexibility index (Phi) is 3.32. The molecule has 5 nitrogen and oxygen atoms in total. The first-order valence-electron chi connectivity index (χ1n) is 5.56. The summed E-state index contributed by atoms with van der Waals surface area (Å²) in [5.41, 5.74) is 3.21. The van der Waals surface area contributed by atoms with E-state index in [2.05, 4.69) is 10.5 Å². The minimum absolute atomic E-state index is 0.0761. The molecule has 0 aliphatic heterocycles. The quantitative estimate of drug-likeness (QED) is 0.867. The zero-order valence-electron chi connectivity index (χ0n) is 10.2. The van der Waals surface area contributed by atoms with E-state index in [0.29, 0.717) is 12.3 Å². The fraction of sp³-hybridized carbons (Fsp3) is 0.231. The molecule has 0 aliphatic carbocycles. The molecule has 1 aromatic carbocycles. The van der Waals surface area contributed by atoms with E-state index < -0.39 is 5.97 Å². The van der Waals surface area contributed by atoms with Gasteiger partial charge in [0.25, 0.3) is 0 Å². The third-order valence-corrected chi connectivity index (χ3v) is 2.62. The molecule has 5 heteroatoms. The number of aromatic carboxylic acids is 1. The van der Waals surface area contributed by atoms with Gasteiger partial charge in [0.05, 0.1) is 6.54 Å². The van der Waals surface area contributed by atoms with E-state index in [1.54, 1.807) is 0 Å². The summed E-state index contributed by atoms with van der Waals surface area (Å²) >= 11 is 0. The van der Waals surface area contributed by atoms with Gasteiger partial charge >= 0.3 is 5.97 Å². The lowest BCUT2D eigenvalue weighted by molar-refractivity contribution is 0.0685. The Hall–Kier alpha value is -2.30. The Bertz CT molecular complexity index is 575. The van der Waals surface area contributed by atoms with Crippen LogP contribution in [0.25, 0.3) is 0 Å².